The zero-order valence-electron chi connectivity index (χ0n) is 37.2. The van der Waals surface area contributed by atoms with Crippen molar-refractivity contribution in [3.63, 3.8) is 0 Å². The molecule has 55 heavy (non-hydrogen) atoms. The van der Waals surface area contributed by atoms with Crippen molar-refractivity contribution in [2.45, 2.75) is 245 Å². The Morgan fingerprint density at radius 1 is 0.455 bits per heavy atom. The largest absolute Gasteiger partial charge is 0.347 e. The van der Waals surface area contributed by atoms with Gasteiger partial charge in [-0.3, -0.25) is 9.59 Å². The molecule has 2 amide bonds. The molecule has 0 spiro atoms. The Balaban J connectivity index is 4.42. The van der Waals surface area contributed by atoms with Gasteiger partial charge in [0, 0.05) is 19.5 Å². The molecule has 0 aromatic heterocycles. The molecule has 0 saturated heterocycles. The summed E-state index contributed by atoms with van der Waals surface area (Å²) in [4.78, 5) is 28.1. The minimum Gasteiger partial charge on any atom is -0.347 e. The maximum atomic E-state index is 13.4. The molecule has 7 N–H and O–H groups in total. The number of carbonyl (C=O) groups excluding carboxylic acids is 2. The Labute approximate surface area is 343 Å². The molecular weight excluding hydrogens is 681 g/mol. The van der Waals surface area contributed by atoms with Gasteiger partial charge in [-0.15, -0.1) is 0 Å². The highest BCUT2D eigenvalue weighted by molar-refractivity contribution is 5.84. The molecule has 0 radical (unpaired) electrons. The first kappa shape index (κ1) is 53.8. The lowest BCUT2D eigenvalue weighted by Gasteiger charge is -2.23. The second kappa shape index (κ2) is 45.5. The third kappa shape index (κ3) is 40.8. The molecule has 8 heteroatoms. The molecule has 0 aliphatic carbocycles. The van der Waals surface area contributed by atoms with Gasteiger partial charge in [-0.05, 0) is 64.7 Å². The summed E-state index contributed by atoms with van der Waals surface area (Å²) in [5, 5.41) is 9.95. The number of nitrogens with one attached hydrogen (secondary N) is 3. The van der Waals surface area contributed by atoms with E-state index in [1.165, 1.54) is 180 Å². The summed E-state index contributed by atoms with van der Waals surface area (Å²) in [7, 11) is 0. The van der Waals surface area contributed by atoms with E-state index in [4.69, 9.17) is 11.5 Å². The molecule has 328 valence electrons. The molecule has 0 aromatic carbocycles. The third-order valence-corrected chi connectivity index (χ3v) is 11.3. The maximum Gasteiger partial charge on any atom is 0.241 e. The zero-order chi connectivity index (χ0) is 40.1. The minimum atomic E-state index is -0.0325. The monoisotopic (exact) mass is 779 g/mol. The molecule has 0 heterocycles. The number of carbonyl (C=O) groups is 2. The van der Waals surface area contributed by atoms with Crippen molar-refractivity contribution in [1.82, 2.24) is 20.9 Å². The van der Waals surface area contributed by atoms with E-state index < -0.39 is 0 Å². The molecule has 0 aromatic rings. The number of amides is 2. The quantitative estimate of drug-likeness (QED) is 0.0309. The molecule has 0 aliphatic heterocycles. The van der Waals surface area contributed by atoms with Crippen molar-refractivity contribution in [1.29, 1.82) is 0 Å². The van der Waals surface area contributed by atoms with E-state index in [9.17, 15) is 9.59 Å². The van der Waals surface area contributed by atoms with E-state index in [0.717, 1.165) is 64.7 Å². The van der Waals surface area contributed by atoms with Crippen LogP contribution in [0, 0.1) is 0 Å². The first-order valence-electron chi connectivity index (χ1n) is 24.5. The first-order valence-corrected chi connectivity index (χ1v) is 24.5. The van der Waals surface area contributed by atoms with Crippen LogP contribution in [-0.4, -0.2) is 68.7 Å². The predicted molar refractivity (Wildman–Crippen MR) is 240 cm³/mol. The van der Waals surface area contributed by atoms with Crippen LogP contribution in [0.1, 0.15) is 239 Å². The van der Waals surface area contributed by atoms with Crippen molar-refractivity contribution >= 4 is 11.8 Å². The van der Waals surface area contributed by atoms with Gasteiger partial charge in [-0.25, -0.2) is 0 Å². The average molecular weight is 779 g/mol. The maximum absolute atomic E-state index is 13.4. The van der Waals surface area contributed by atoms with Crippen molar-refractivity contribution in [2.75, 3.05) is 45.8 Å². The molecule has 0 aliphatic rings. The lowest BCUT2D eigenvalue weighted by Crippen LogP contribution is -2.44. The number of hydrogen-bond acceptors (Lipinski definition) is 6. The predicted octanol–water partition coefficient (Wildman–Crippen LogP) is 11.0. The van der Waals surface area contributed by atoms with Gasteiger partial charge in [-0.1, -0.05) is 194 Å². The second-order valence-electron chi connectivity index (χ2n) is 16.7. The Bertz CT molecular complexity index is 741. The molecule has 0 bridgehead atoms. The van der Waals surface area contributed by atoms with Gasteiger partial charge in [0.05, 0.1) is 12.7 Å². The van der Waals surface area contributed by atoms with Gasteiger partial charge in [0.1, 0.15) is 0 Å². The van der Waals surface area contributed by atoms with Crippen LogP contribution in [0.15, 0.2) is 0 Å². The van der Waals surface area contributed by atoms with Crippen molar-refractivity contribution in [3.8, 4) is 0 Å². The van der Waals surface area contributed by atoms with Crippen molar-refractivity contribution in [2.24, 2.45) is 11.5 Å². The minimum absolute atomic E-state index is 0.0325. The van der Waals surface area contributed by atoms with Crippen LogP contribution < -0.4 is 27.4 Å². The molecular formula is C47H98N6O2. The van der Waals surface area contributed by atoms with Crippen LogP contribution in [0.25, 0.3) is 0 Å². The number of rotatable bonds is 46. The summed E-state index contributed by atoms with van der Waals surface area (Å²) >= 11 is 0. The summed E-state index contributed by atoms with van der Waals surface area (Å²) < 4.78 is 0. The van der Waals surface area contributed by atoms with E-state index in [1.807, 2.05) is 4.90 Å². The number of unbranched alkanes of at least 4 members (excludes halogenated alkanes) is 28. The Hall–Kier alpha value is -1.22. The van der Waals surface area contributed by atoms with E-state index in [1.54, 1.807) is 0 Å². The fourth-order valence-electron chi connectivity index (χ4n) is 7.58. The van der Waals surface area contributed by atoms with E-state index in [2.05, 4.69) is 29.8 Å². The summed E-state index contributed by atoms with van der Waals surface area (Å²) in [5.41, 5.74) is 11.3. The second-order valence-corrected chi connectivity index (χ2v) is 16.7. The fraction of sp³-hybridized carbons (Fsp3) is 0.957. The topological polar surface area (TPSA) is 126 Å². The molecule has 8 nitrogen and oxygen atoms in total. The van der Waals surface area contributed by atoms with E-state index >= 15 is 0 Å². The molecule has 0 atom stereocenters. The van der Waals surface area contributed by atoms with Gasteiger partial charge >= 0.3 is 0 Å². The first-order chi connectivity index (χ1) is 27.1. The van der Waals surface area contributed by atoms with Crippen molar-refractivity contribution in [3.05, 3.63) is 0 Å². The lowest BCUT2D eigenvalue weighted by molar-refractivity contribution is -0.133. The van der Waals surface area contributed by atoms with Crippen LogP contribution >= 0.6 is 0 Å². The van der Waals surface area contributed by atoms with Gasteiger partial charge in [-0.2, -0.15) is 0 Å². The van der Waals surface area contributed by atoms with E-state index in [0.29, 0.717) is 19.5 Å². The SMILES string of the molecule is CCCCCCCCCCCCCCCCCN(CCCCCCCCCCCCCCCCC)C(=O)CNC(=O)CCCC(NCCCN)NCCCN. The third-order valence-electron chi connectivity index (χ3n) is 11.3. The molecule has 0 saturated carbocycles. The van der Waals surface area contributed by atoms with Gasteiger partial charge in [0.15, 0.2) is 0 Å². The summed E-state index contributed by atoms with van der Waals surface area (Å²) in [5.74, 6) is 0.0452. The average Bonchev–Trinajstić information content (AvgIpc) is 3.19. The van der Waals surface area contributed by atoms with E-state index in [-0.39, 0.29) is 24.5 Å². The lowest BCUT2D eigenvalue weighted by atomic mass is 10.0. The normalized spacial score (nSPS) is 11.5. The van der Waals surface area contributed by atoms with Crippen LogP contribution in [-0.2, 0) is 9.59 Å². The number of hydrogen-bond donors (Lipinski definition) is 5. The highest BCUT2D eigenvalue weighted by Crippen LogP contribution is 2.15. The Morgan fingerprint density at radius 3 is 1.11 bits per heavy atom. The summed E-state index contributed by atoms with van der Waals surface area (Å²) in [6.45, 7) is 9.35. The highest BCUT2D eigenvalue weighted by Gasteiger charge is 2.15. The molecule has 0 fully saturated rings. The van der Waals surface area contributed by atoms with Gasteiger partial charge in [0.2, 0.25) is 11.8 Å². The summed E-state index contributed by atoms with van der Waals surface area (Å²) in [6, 6.07) is 0. The Morgan fingerprint density at radius 2 is 0.782 bits per heavy atom. The number of nitrogens with zero attached hydrogens (tertiary/aromatic N) is 1. The summed E-state index contributed by atoms with van der Waals surface area (Å²) in [6.07, 6.45) is 44.4. The van der Waals surface area contributed by atoms with Gasteiger partial charge in [0.25, 0.3) is 0 Å². The smallest absolute Gasteiger partial charge is 0.241 e. The zero-order valence-corrected chi connectivity index (χ0v) is 37.2. The van der Waals surface area contributed by atoms with Crippen LogP contribution in [0.3, 0.4) is 0 Å². The number of nitrogens with two attached hydrogens (primary N) is 2. The molecule has 0 rings (SSSR count). The van der Waals surface area contributed by atoms with Crippen LogP contribution in [0.5, 0.6) is 0 Å². The highest BCUT2D eigenvalue weighted by atomic mass is 16.2. The van der Waals surface area contributed by atoms with Crippen molar-refractivity contribution < 1.29 is 9.59 Å². The van der Waals surface area contributed by atoms with Crippen LogP contribution in [0.4, 0.5) is 0 Å². The Kier molecular flexibility index (Phi) is 44.5. The standard InChI is InChI=1S/C47H98N6O2/c1-3-5-7-9-11-13-15-17-19-21-23-25-27-29-31-42-53(43-32-30-28-26-24-22-20-18-16-14-12-10-8-6-4-2)47(55)44-52-46(54)37-33-36-45(50-40-34-38-48)51-41-35-39-49/h45,50-51H,3-44,48-49H2,1-2H3,(H,52,54). The van der Waals surface area contributed by atoms with Gasteiger partial charge < -0.3 is 32.3 Å². The van der Waals surface area contributed by atoms with Crippen LogP contribution in [0.2, 0.25) is 0 Å². The molecule has 0 unspecified atom stereocenters. The fourth-order valence-corrected chi connectivity index (χ4v) is 7.58.